The number of halogens is 1. The quantitative estimate of drug-likeness (QED) is 0.724. The summed E-state index contributed by atoms with van der Waals surface area (Å²) in [6.45, 7) is 0.447. The van der Waals surface area contributed by atoms with Crippen molar-refractivity contribution in [1.29, 1.82) is 0 Å². The lowest BCUT2D eigenvalue weighted by molar-refractivity contribution is 0.554. The van der Waals surface area contributed by atoms with Gasteiger partial charge in [0, 0.05) is 18.9 Å². The van der Waals surface area contributed by atoms with Crippen LogP contribution in [0.25, 0.3) is 11.3 Å². The third kappa shape index (κ3) is 2.78. The van der Waals surface area contributed by atoms with E-state index < -0.39 is 16.0 Å². The summed E-state index contributed by atoms with van der Waals surface area (Å²) in [6.07, 6.45) is 5.18. The fourth-order valence-electron chi connectivity index (χ4n) is 2.28. The third-order valence-electron chi connectivity index (χ3n) is 3.31. The van der Waals surface area contributed by atoms with Crippen LogP contribution in [0.3, 0.4) is 0 Å². The number of rotatable bonds is 5. The van der Waals surface area contributed by atoms with Gasteiger partial charge in [-0.05, 0) is 36.9 Å². The molecule has 0 radical (unpaired) electrons. The van der Waals surface area contributed by atoms with Crippen molar-refractivity contribution in [3.05, 3.63) is 60.7 Å². The van der Waals surface area contributed by atoms with Crippen molar-refractivity contribution >= 4 is 10.0 Å². The van der Waals surface area contributed by atoms with Gasteiger partial charge in [0.05, 0.1) is 17.5 Å². The highest BCUT2D eigenvalue weighted by Gasteiger charge is 2.24. The SMILES string of the molecule is CNCc1cc(-c2cccnc2F)n(S(=O)(=O)c2ccoc2)c1. The van der Waals surface area contributed by atoms with E-state index in [1.807, 2.05) is 0 Å². The van der Waals surface area contributed by atoms with Crippen molar-refractivity contribution in [3.8, 4) is 11.3 Å². The predicted octanol–water partition coefficient (Wildman–Crippen LogP) is 2.24. The molecule has 6 nitrogen and oxygen atoms in total. The van der Waals surface area contributed by atoms with Gasteiger partial charge in [0.1, 0.15) is 11.2 Å². The minimum Gasteiger partial charge on any atom is -0.471 e. The molecule has 3 heterocycles. The summed E-state index contributed by atoms with van der Waals surface area (Å²) in [5, 5.41) is 2.94. The highest BCUT2D eigenvalue weighted by atomic mass is 32.2. The molecule has 0 saturated carbocycles. The van der Waals surface area contributed by atoms with Gasteiger partial charge in [-0.2, -0.15) is 4.39 Å². The molecule has 0 saturated heterocycles. The molecule has 0 bridgehead atoms. The van der Waals surface area contributed by atoms with Gasteiger partial charge < -0.3 is 9.73 Å². The lowest BCUT2D eigenvalue weighted by Crippen LogP contribution is -2.13. The molecule has 0 aliphatic rings. The third-order valence-corrected chi connectivity index (χ3v) is 4.96. The molecule has 8 heteroatoms. The van der Waals surface area contributed by atoms with Gasteiger partial charge in [-0.15, -0.1) is 0 Å². The molecule has 0 aliphatic heterocycles. The average molecular weight is 335 g/mol. The maximum atomic E-state index is 14.0. The van der Waals surface area contributed by atoms with E-state index in [4.69, 9.17) is 4.42 Å². The molecule has 0 aromatic carbocycles. The van der Waals surface area contributed by atoms with Crippen molar-refractivity contribution in [3.63, 3.8) is 0 Å². The number of aromatic nitrogens is 2. The summed E-state index contributed by atoms with van der Waals surface area (Å²) in [4.78, 5) is 3.58. The Kier molecular flexibility index (Phi) is 4.01. The van der Waals surface area contributed by atoms with Crippen LogP contribution in [0.2, 0.25) is 0 Å². The molecule has 0 atom stereocenters. The monoisotopic (exact) mass is 335 g/mol. The summed E-state index contributed by atoms with van der Waals surface area (Å²) in [6, 6.07) is 6.00. The molecule has 1 N–H and O–H groups in total. The summed E-state index contributed by atoms with van der Waals surface area (Å²) < 4.78 is 45.4. The standard InChI is InChI=1S/C15H14FN3O3S/c1-17-8-11-7-14(13-3-2-5-18-15(13)16)19(9-11)23(20,21)12-4-6-22-10-12/h2-7,9-10,17H,8H2,1H3. The fourth-order valence-corrected chi connectivity index (χ4v) is 3.60. The Morgan fingerprint density at radius 1 is 1.39 bits per heavy atom. The average Bonchev–Trinajstić information content (AvgIpc) is 3.18. The van der Waals surface area contributed by atoms with E-state index in [0.29, 0.717) is 12.1 Å². The first kappa shape index (κ1) is 15.4. The largest absolute Gasteiger partial charge is 0.471 e. The van der Waals surface area contributed by atoms with Crippen molar-refractivity contribution in [2.45, 2.75) is 11.4 Å². The summed E-state index contributed by atoms with van der Waals surface area (Å²) >= 11 is 0. The number of furan rings is 1. The molecule has 120 valence electrons. The normalized spacial score (nSPS) is 11.7. The molecule has 0 unspecified atom stereocenters. The van der Waals surface area contributed by atoms with Crippen LogP contribution in [0.4, 0.5) is 4.39 Å². The van der Waals surface area contributed by atoms with Crippen LogP contribution >= 0.6 is 0 Å². The lowest BCUT2D eigenvalue weighted by Gasteiger charge is -2.09. The molecular formula is C15H14FN3O3S. The number of hydrogen-bond acceptors (Lipinski definition) is 5. The predicted molar refractivity (Wildman–Crippen MR) is 81.7 cm³/mol. The second-order valence-electron chi connectivity index (χ2n) is 4.87. The Balaban J connectivity index is 2.22. The number of pyridine rings is 1. The van der Waals surface area contributed by atoms with Crippen LogP contribution in [0, 0.1) is 5.95 Å². The summed E-state index contributed by atoms with van der Waals surface area (Å²) in [7, 11) is -2.15. The first-order chi connectivity index (χ1) is 11.0. The molecule has 0 amide bonds. The van der Waals surface area contributed by atoms with Crippen LogP contribution in [0.1, 0.15) is 5.56 Å². The van der Waals surface area contributed by atoms with Gasteiger partial charge in [-0.1, -0.05) is 0 Å². The van der Waals surface area contributed by atoms with E-state index in [2.05, 4.69) is 10.3 Å². The minimum atomic E-state index is -3.89. The molecule has 0 fully saturated rings. The van der Waals surface area contributed by atoms with Crippen LogP contribution < -0.4 is 5.32 Å². The lowest BCUT2D eigenvalue weighted by atomic mass is 10.2. The highest BCUT2D eigenvalue weighted by molar-refractivity contribution is 7.90. The van der Waals surface area contributed by atoms with E-state index in [0.717, 1.165) is 10.2 Å². The van der Waals surface area contributed by atoms with E-state index in [-0.39, 0.29) is 16.2 Å². The summed E-state index contributed by atoms with van der Waals surface area (Å²) in [5.74, 6) is -0.731. The zero-order valence-corrected chi connectivity index (χ0v) is 13.0. The van der Waals surface area contributed by atoms with Gasteiger partial charge in [-0.25, -0.2) is 17.4 Å². The summed E-state index contributed by atoms with van der Waals surface area (Å²) in [5.41, 5.74) is 1.03. The Morgan fingerprint density at radius 2 is 2.22 bits per heavy atom. The molecule has 23 heavy (non-hydrogen) atoms. The second kappa shape index (κ2) is 5.98. The van der Waals surface area contributed by atoms with Gasteiger partial charge >= 0.3 is 0 Å². The van der Waals surface area contributed by atoms with E-state index >= 15 is 0 Å². The smallest absolute Gasteiger partial charge is 0.271 e. The maximum Gasteiger partial charge on any atom is 0.271 e. The Labute approximate surface area is 132 Å². The fraction of sp³-hybridized carbons (Fsp3) is 0.133. The molecule has 3 aromatic rings. The first-order valence-electron chi connectivity index (χ1n) is 6.78. The van der Waals surface area contributed by atoms with Gasteiger partial charge in [0.25, 0.3) is 10.0 Å². The van der Waals surface area contributed by atoms with Crippen LogP contribution in [-0.4, -0.2) is 24.4 Å². The van der Waals surface area contributed by atoms with Crippen molar-refractivity contribution < 1.29 is 17.2 Å². The zero-order valence-electron chi connectivity index (χ0n) is 12.2. The van der Waals surface area contributed by atoms with Gasteiger partial charge in [0.2, 0.25) is 5.95 Å². The van der Waals surface area contributed by atoms with Crippen LogP contribution in [0.5, 0.6) is 0 Å². The molecule has 0 aliphatic carbocycles. The van der Waals surface area contributed by atoms with E-state index in [1.165, 1.54) is 30.8 Å². The first-order valence-corrected chi connectivity index (χ1v) is 8.22. The topological polar surface area (TPSA) is 77.1 Å². The Hall–Kier alpha value is -2.45. The minimum absolute atomic E-state index is 0.00495. The number of nitrogens with one attached hydrogen (secondary N) is 1. The van der Waals surface area contributed by atoms with Crippen LogP contribution in [-0.2, 0) is 16.6 Å². The van der Waals surface area contributed by atoms with Crippen molar-refractivity contribution in [1.82, 2.24) is 14.3 Å². The Bertz CT molecular complexity index is 917. The van der Waals surface area contributed by atoms with Gasteiger partial charge in [0.15, 0.2) is 0 Å². The van der Waals surface area contributed by atoms with Crippen LogP contribution in [0.15, 0.2) is 58.5 Å². The Morgan fingerprint density at radius 3 is 2.87 bits per heavy atom. The molecule has 3 aromatic heterocycles. The molecule has 0 spiro atoms. The number of nitrogens with zero attached hydrogens (tertiary/aromatic N) is 2. The van der Waals surface area contributed by atoms with Crippen molar-refractivity contribution in [2.75, 3.05) is 7.05 Å². The zero-order chi connectivity index (χ0) is 16.4. The van der Waals surface area contributed by atoms with Crippen molar-refractivity contribution in [2.24, 2.45) is 0 Å². The number of hydrogen-bond donors (Lipinski definition) is 1. The van der Waals surface area contributed by atoms with E-state index in [1.54, 1.807) is 19.2 Å². The van der Waals surface area contributed by atoms with Gasteiger partial charge in [-0.3, -0.25) is 0 Å². The molecule has 3 rings (SSSR count). The molecular weight excluding hydrogens is 321 g/mol. The highest BCUT2D eigenvalue weighted by Crippen LogP contribution is 2.28. The second-order valence-corrected chi connectivity index (χ2v) is 6.68. The maximum absolute atomic E-state index is 14.0. The van der Waals surface area contributed by atoms with E-state index in [9.17, 15) is 12.8 Å².